The number of carbonyl (C=O) groups is 2. The van der Waals surface area contributed by atoms with Crippen molar-refractivity contribution in [2.45, 2.75) is 24.8 Å². The summed E-state index contributed by atoms with van der Waals surface area (Å²) in [4.78, 5) is 27.6. The predicted octanol–water partition coefficient (Wildman–Crippen LogP) is 4.00. The number of likely N-dealkylation sites (tertiary alicyclic amines) is 1. The highest BCUT2D eigenvalue weighted by atomic mass is 16.5. The minimum absolute atomic E-state index is 0.000382. The van der Waals surface area contributed by atoms with Crippen LogP contribution in [0.1, 0.15) is 29.9 Å². The fraction of sp³-hybridized carbons (Fsp3) is 0.259. The largest absolute Gasteiger partial charge is 0.484 e. The average Bonchev–Trinajstić information content (AvgIpc) is 2.85. The smallest absolute Gasteiger partial charge is 0.260 e. The maximum absolute atomic E-state index is 13.3. The topological polar surface area (TPSA) is 58.6 Å². The molecule has 0 aromatic heterocycles. The highest BCUT2D eigenvalue weighted by Crippen LogP contribution is 2.25. The molecule has 32 heavy (non-hydrogen) atoms. The molecule has 1 saturated heterocycles. The number of rotatable bonds is 7. The van der Waals surface area contributed by atoms with Crippen LogP contribution < -0.4 is 10.1 Å². The quantitative estimate of drug-likeness (QED) is 0.619. The zero-order valence-electron chi connectivity index (χ0n) is 18.0. The molecule has 0 unspecified atom stereocenters. The third-order valence-corrected chi connectivity index (χ3v) is 5.83. The molecule has 1 fully saturated rings. The van der Waals surface area contributed by atoms with E-state index in [1.807, 2.05) is 95.9 Å². The van der Waals surface area contributed by atoms with Crippen molar-refractivity contribution < 1.29 is 14.3 Å². The minimum atomic E-state index is -0.351. The second-order valence-electron chi connectivity index (χ2n) is 8.02. The van der Waals surface area contributed by atoms with E-state index in [4.69, 9.17) is 4.74 Å². The molecular formula is C27H28N2O3. The Morgan fingerprint density at radius 2 is 1.31 bits per heavy atom. The van der Waals surface area contributed by atoms with Gasteiger partial charge >= 0.3 is 0 Å². The lowest BCUT2D eigenvalue weighted by Gasteiger charge is -2.33. The van der Waals surface area contributed by atoms with E-state index in [0.717, 1.165) is 24.0 Å². The second-order valence-corrected chi connectivity index (χ2v) is 8.02. The first-order chi connectivity index (χ1) is 15.7. The summed E-state index contributed by atoms with van der Waals surface area (Å²) in [6, 6.07) is 29.1. The summed E-state index contributed by atoms with van der Waals surface area (Å²) in [5.41, 5.74) is 1.95. The lowest BCUT2D eigenvalue weighted by atomic mass is 9.90. The Labute approximate surface area is 189 Å². The van der Waals surface area contributed by atoms with Gasteiger partial charge in [-0.2, -0.15) is 0 Å². The molecule has 2 amide bonds. The summed E-state index contributed by atoms with van der Waals surface area (Å²) in [7, 11) is 0. The molecule has 3 aromatic carbocycles. The fourth-order valence-electron chi connectivity index (χ4n) is 4.10. The van der Waals surface area contributed by atoms with Crippen molar-refractivity contribution in [2.75, 3.05) is 19.7 Å². The normalized spacial score (nSPS) is 14.2. The number of ether oxygens (including phenoxy) is 1. The van der Waals surface area contributed by atoms with Crippen LogP contribution in [-0.4, -0.2) is 42.5 Å². The van der Waals surface area contributed by atoms with Crippen LogP contribution in [0.15, 0.2) is 91.0 Å². The van der Waals surface area contributed by atoms with Gasteiger partial charge in [-0.3, -0.25) is 9.59 Å². The Bertz CT molecular complexity index is 961. The first kappa shape index (κ1) is 21.6. The lowest BCUT2D eigenvalue weighted by Crippen LogP contribution is -2.48. The number of para-hydroxylation sites is 1. The van der Waals surface area contributed by atoms with E-state index in [2.05, 4.69) is 5.32 Å². The van der Waals surface area contributed by atoms with Gasteiger partial charge in [0.1, 0.15) is 5.75 Å². The van der Waals surface area contributed by atoms with Gasteiger partial charge in [0.25, 0.3) is 5.91 Å². The fourth-order valence-corrected chi connectivity index (χ4v) is 4.10. The Kier molecular flexibility index (Phi) is 7.18. The van der Waals surface area contributed by atoms with Gasteiger partial charge < -0.3 is 15.0 Å². The molecule has 1 aliphatic heterocycles. The Morgan fingerprint density at radius 3 is 1.84 bits per heavy atom. The molecule has 0 radical (unpaired) electrons. The van der Waals surface area contributed by atoms with E-state index in [0.29, 0.717) is 18.8 Å². The summed E-state index contributed by atoms with van der Waals surface area (Å²) in [5.74, 6) is 0.317. The van der Waals surface area contributed by atoms with E-state index < -0.39 is 0 Å². The van der Waals surface area contributed by atoms with Crippen LogP contribution in [0.25, 0.3) is 0 Å². The monoisotopic (exact) mass is 428 g/mol. The number of benzene rings is 3. The molecule has 1 heterocycles. The van der Waals surface area contributed by atoms with E-state index in [1.165, 1.54) is 0 Å². The highest BCUT2D eigenvalue weighted by molar-refractivity contribution is 5.87. The van der Waals surface area contributed by atoms with Crippen LogP contribution in [0.2, 0.25) is 0 Å². The van der Waals surface area contributed by atoms with Crippen LogP contribution in [-0.2, 0) is 9.59 Å². The van der Waals surface area contributed by atoms with E-state index in [-0.39, 0.29) is 30.4 Å². The van der Waals surface area contributed by atoms with E-state index >= 15 is 0 Å². The van der Waals surface area contributed by atoms with Crippen molar-refractivity contribution in [3.63, 3.8) is 0 Å². The maximum Gasteiger partial charge on any atom is 0.260 e. The SMILES string of the molecule is O=C(NC1CCN(C(=O)COc2ccccc2)CC1)C(c1ccccc1)c1ccccc1. The third-order valence-electron chi connectivity index (χ3n) is 5.83. The van der Waals surface area contributed by atoms with Crippen molar-refractivity contribution in [3.8, 4) is 5.75 Å². The van der Waals surface area contributed by atoms with Crippen LogP contribution in [0, 0.1) is 0 Å². The Morgan fingerprint density at radius 1 is 0.812 bits per heavy atom. The molecule has 164 valence electrons. The average molecular weight is 429 g/mol. The van der Waals surface area contributed by atoms with Crippen LogP contribution in [0.3, 0.4) is 0 Å². The van der Waals surface area contributed by atoms with Gasteiger partial charge in [0.15, 0.2) is 6.61 Å². The van der Waals surface area contributed by atoms with Gasteiger partial charge in [0.2, 0.25) is 5.91 Å². The van der Waals surface area contributed by atoms with E-state index in [1.54, 1.807) is 0 Å². The van der Waals surface area contributed by atoms with Crippen LogP contribution in [0.5, 0.6) is 5.75 Å². The molecule has 4 rings (SSSR count). The molecule has 5 heteroatoms. The van der Waals surface area contributed by atoms with Crippen LogP contribution in [0.4, 0.5) is 0 Å². The summed E-state index contributed by atoms with van der Waals surface area (Å²) in [6.45, 7) is 1.26. The molecule has 0 atom stereocenters. The molecular weight excluding hydrogens is 400 g/mol. The number of nitrogens with one attached hydrogen (secondary N) is 1. The zero-order chi connectivity index (χ0) is 22.2. The van der Waals surface area contributed by atoms with Crippen molar-refractivity contribution in [1.82, 2.24) is 10.2 Å². The van der Waals surface area contributed by atoms with Gasteiger partial charge in [-0.25, -0.2) is 0 Å². The summed E-state index contributed by atoms with van der Waals surface area (Å²) in [5, 5.41) is 3.23. The molecule has 0 spiro atoms. The first-order valence-corrected chi connectivity index (χ1v) is 11.1. The lowest BCUT2D eigenvalue weighted by molar-refractivity contribution is -0.134. The molecule has 0 saturated carbocycles. The third kappa shape index (κ3) is 5.55. The molecule has 3 aromatic rings. The number of hydrogen-bond donors (Lipinski definition) is 1. The van der Waals surface area contributed by atoms with Gasteiger partial charge in [-0.1, -0.05) is 78.9 Å². The van der Waals surface area contributed by atoms with Gasteiger partial charge in [0.05, 0.1) is 5.92 Å². The number of amides is 2. The number of hydrogen-bond acceptors (Lipinski definition) is 3. The molecule has 1 aliphatic rings. The second kappa shape index (κ2) is 10.6. The van der Waals surface area contributed by atoms with Crippen molar-refractivity contribution in [1.29, 1.82) is 0 Å². The Balaban J connectivity index is 1.32. The summed E-state index contributed by atoms with van der Waals surface area (Å²) in [6.07, 6.45) is 1.47. The maximum atomic E-state index is 13.3. The van der Waals surface area contributed by atoms with Gasteiger partial charge in [-0.05, 0) is 36.1 Å². The van der Waals surface area contributed by atoms with Gasteiger partial charge in [0, 0.05) is 19.1 Å². The minimum Gasteiger partial charge on any atom is -0.484 e. The number of carbonyl (C=O) groups excluding carboxylic acids is 2. The standard InChI is InChI=1S/C27H28N2O3/c30-25(20-32-24-14-8-3-9-15-24)29-18-16-23(17-19-29)28-27(31)26(21-10-4-1-5-11-21)22-12-6-2-7-13-22/h1-15,23,26H,16-20H2,(H,28,31). The molecule has 0 bridgehead atoms. The van der Waals surface area contributed by atoms with Crippen molar-refractivity contribution in [3.05, 3.63) is 102 Å². The summed E-state index contributed by atoms with van der Waals surface area (Å²) >= 11 is 0. The molecule has 1 N–H and O–H groups in total. The van der Waals surface area contributed by atoms with Gasteiger partial charge in [-0.15, -0.1) is 0 Å². The summed E-state index contributed by atoms with van der Waals surface area (Å²) < 4.78 is 5.58. The first-order valence-electron chi connectivity index (χ1n) is 11.1. The van der Waals surface area contributed by atoms with E-state index in [9.17, 15) is 9.59 Å². The zero-order valence-corrected chi connectivity index (χ0v) is 18.0. The number of piperidine rings is 1. The van der Waals surface area contributed by atoms with Crippen LogP contribution >= 0.6 is 0 Å². The van der Waals surface area contributed by atoms with Crippen molar-refractivity contribution >= 4 is 11.8 Å². The predicted molar refractivity (Wildman–Crippen MR) is 124 cm³/mol. The molecule has 5 nitrogen and oxygen atoms in total. The Hall–Kier alpha value is -3.60. The molecule has 0 aliphatic carbocycles. The van der Waals surface area contributed by atoms with Crippen molar-refractivity contribution in [2.24, 2.45) is 0 Å². The highest BCUT2D eigenvalue weighted by Gasteiger charge is 2.28. The number of nitrogens with zero attached hydrogens (tertiary/aromatic N) is 1.